The lowest BCUT2D eigenvalue weighted by atomic mass is 9.42. The molecule has 1 aromatic carbocycles. The molecule has 0 amide bonds. The van der Waals surface area contributed by atoms with E-state index in [4.69, 9.17) is 18.6 Å². The number of hydrogen-bond acceptors (Lipinski definition) is 11. The van der Waals surface area contributed by atoms with Gasteiger partial charge in [-0.1, -0.05) is 6.92 Å². The topological polar surface area (TPSA) is 183 Å². The Balaban J connectivity index is 1.51. The van der Waals surface area contributed by atoms with E-state index in [0.717, 1.165) is 0 Å². The van der Waals surface area contributed by atoms with Crippen LogP contribution in [0.5, 0.6) is 5.75 Å². The van der Waals surface area contributed by atoms with Crippen molar-refractivity contribution in [2.45, 2.75) is 64.8 Å². The fourth-order valence-electron chi connectivity index (χ4n) is 8.18. The Morgan fingerprint density at radius 1 is 1.06 bits per heavy atom. The van der Waals surface area contributed by atoms with Gasteiger partial charge in [-0.15, -0.1) is 0 Å². The number of ketones is 1. The number of rotatable bonds is 5. The monoisotopic (exact) mass is 640 g/mol. The number of pyridine rings is 1. The van der Waals surface area contributed by atoms with E-state index < -0.39 is 69.8 Å². The van der Waals surface area contributed by atoms with E-state index in [-0.39, 0.29) is 41.9 Å². The summed E-state index contributed by atoms with van der Waals surface area (Å²) < 4.78 is 23.8. The molecule has 242 valence electrons. The van der Waals surface area contributed by atoms with Crippen LogP contribution in [-0.2, 0) is 19.1 Å². The summed E-state index contributed by atoms with van der Waals surface area (Å²) in [5.74, 6) is -5.28. The van der Waals surface area contributed by atoms with Gasteiger partial charge in [0.2, 0.25) is 0 Å². The summed E-state index contributed by atoms with van der Waals surface area (Å²) in [5.41, 5.74) is -4.70. The minimum atomic E-state index is -1.70. The number of nitriles is 1. The highest BCUT2D eigenvalue weighted by Gasteiger charge is 2.72. The van der Waals surface area contributed by atoms with Crippen LogP contribution in [0.25, 0.3) is 11.3 Å². The smallest absolute Gasteiger partial charge is 0.351 e. The molecule has 1 N–H and O–H groups in total. The molecule has 0 radical (unpaired) electrons. The molecule has 6 rings (SSSR count). The molecule has 3 unspecified atom stereocenters. The van der Waals surface area contributed by atoms with E-state index in [1.807, 2.05) is 6.07 Å². The van der Waals surface area contributed by atoms with E-state index in [9.17, 15) is 34.3 Å². The molecule has 3 heterocycles. The number of aromatic nitrogens is 1. The minimum absolute atomic E-state index is 0.0556. The first-order chi connectivity index (χ1) is 22.2. The van der Waals surface area contributed by atoms with Crippen LogP contribution in [0.15, 0.2) is 64.1 Å². The molecule has 0 saturated heterocycles. The van der Waals surface area contributed by atoms with E-state index in [2.05, 4.69) is 4.98 Å². The number of carboxylic acid groups (broad SMARTS) is 1. The molecule has 12 heteroatoms. The summed E-state index contributed by atoms with van der Waals surface area (Å²) in [6, 6.07) is 12.5. The summed E-state index contributed by atoms with van der Waals surface area (Å²) in [6.45, 7) is 6.09. The Hall–Kier alpha value is -5.31. The predicted octanol–water partition coefficient (Wildman–Crippen LogP) is 4.59. The molecular weight excluding hydrogens is 608 g/mol. The lowest BCUT2D eigenvalue weighted by molar-refractivity contribution is -0.230. The van der Waals surface area contributed by atoms with Gasteiger partial charge in [-0.05, 0) is 80.8 Å². The van der Waals surface area contributed by atoms with Crippen molar-refractivity contribution in [3.8, 4) is 23.1 Å². The van der Waals surface area contributed by atoms with Crippen molar-refractivity contribution < 1.29 is 42.9 Å². The number of hydrogen-bond donors (Lipinski definition) is 1. The van der Waals surface area contributed by atoms with E-state index in [0.29, 0.717) is 11.1 Å². The predicted molar refractivity (Wildman–Crippen MR) is 162 cm³/mol. The van der Waals surface area contributed by atoms with Gasteiger partial charge in [0.05, 0.1) is 23.1 Å². The third kappa shape index (κ3) is 4.88. The maximum atomic E-state index is 14.6. The zero-order chi connectivity index (χ0) is 33.9. The van der Waals surface area contributed by atoms with Crippen LogP contribution in [0.1, 0.15) is 73.2 Å². The zero-order valence-electron chi connectivity index (χ0n) is 26.1. The lowest BCUT2D eigenvalue weighted by Crippen LogP contribution is -2.72. The molecule has 0 spiro atoms. The summed E-state index contributed by atoms with van der Waals surface area (Å²) in [6.07, 6.45) is 1.13. The van der Waals surface area contributed by atoms with E-state index >= 15 is 0 Å². The number of Topliss-reactive ketones (excluding diaryl/α,β-unsaturated/α-hetero) is 1. The normalized spacial score (nSPS) is 30.7. The van der Waals surface area contributed by atoms with Crippen LogP contribution in [0.4, 0.5) is 0 Å². The van der Waals surface area contributed by atoms with Crippen LogP contribution in [-0.4, -0.2) is 51.6 Å². The average molecular weight is 641 g/mol. The van der Waals surface area contributed by atoms with Gasteiger partial charge in [-0.25, -0.2) is 9.59 Å². The number of aliphatic carboxylic acids is 1. The third-order valence-corrected chi connectivity index (χ3v) is 10.4. The highest BCUT2D eigenvalue weighted by Crippen LogP contribution is 2.65. The van der Waals surface area contributed by atoms with Crippen LogP contribution in [0.2, 0.25) is 0 Å². The van der Waals surface area contributed by atoms with Crippen LogP contribution < -0.4 is 10.4 Å². The van der Waals surface area contributed by atoms with Crippen molar-refractivity contribution in [1.82, 2.24) is 4.98 Å². The van der Waals surface area contributed by atoms with Gasteiger partial charge in [0.15, 0.2) is 11.4 Å². The molecule has 2 saturated carbocycles. The Morgan fingerprint density at radius 2 is 1.79 bits per heavy atom. The first-order valence-corrected chi connectivity index (χ1v) is 15.2. The van der Waals surface area contributed by atoms with Gasteiger partial charge >= 0.3 is 23.5 Å². The van der Waals surface area contributed by atoms with Gasteiger partial charge in [0, 0.05) is 30.9 Å². The second-order valence-corrected chi connectivity index (χ2v) is 13.1. The lowest BCUT2D eigenvalue weighted by Gasteiger charge is -2.64. The third-order valence-electron chi connectivity index (χ3n) is 10.4. The molecule has 12 nitrogen and oxygen atoms in total. The highest BCUT2D eigenvalue weighted by atomic mass is 16.6. The zero-order valence-corrected chi connectivity index (χ0v) is 26.1. The molecule has 1 aliphatic heterocycles. The number of carbonyl (C=O) groups excluding carboxylic acids is 3. The summed E-state index contributed by atoms with van der Waals surface area (Å²) in [5, 5.41) is 19.9. The standard InChI is InChI=1S/C35H32N2O10/c1-18(38)44-25-11-12-33(2)24(34(25,3)32(42)43)15-26(46-30(40)20-9-7-19(16-36)8-10-20)35(4)29(33)28(39)27-23(47-35)14-22(45-31(27)41)21-6-5-13-37-17-21/h5-10,13-14,17,24-26,29H,11-12,15H2,1-4H3,(H,42,43)/t24?,25-,26-,29?,33-,34-,35?/m0/s1. The molecule has 3 aromatic rings. The number of fused-ring (bicyclic) bond motifs is 4. The quantitative estimate of drug-likeness (QED) is 0.383. The van der Waals surface area contributed by atoms with Crippen molar-refractivity contribution in [1.29, 1.82) is 5.26 Å². The molecule has 2 aromatic heterocycles. The molecule has 0 bridgehead atoms. The van der Waals surface area contributed by atoms with E-state index in [1.165, 1.54) is 50.4 Å². The fourth-order valence-corrected chi connectivity index (χ4v) is 8.18. The van der Waals surface area contributed by atoms with Crippen molar-refractivity contribution >= 4 is 23.7 Å². The number of ether oxygens (including phenoxy) is 3. The first kappa shape index (κ1) is 31.7. The summed E-state index contributed by atoms with van der Waals surface area (Å²) in [4.78, 5) is 71.0. The highest BCUT2D eigenvalue weighted by molar-refractivity contribution is 6.03. The van der Waals surface area contributed by atoms with Gasteiger partial charge < -0.3 is 23.7 Å². The Kier molecular flexibility index (Phi) is 7.54. The molecule has 2 fully saturated rings. The second kappa shape index (κ2) is 11.2. The fraction of sp³-hybridized carbons (Fsp3) is 0.400. The van der Waals surface area contributed by atoms with Crippen LogP contribution in [0.3, 0.4) is 0 Å². The van der Waals surface area contributed by atoms with Crippen molar-refractivity contribution in [3.63, 3.8) is 0 Å². The number of benzene rings is 1. The van der Waals surface area contributed by atoms with Gasteiger partial charge in [-0.2, -0.15) is 5.26 Å². The number of carboxylic acids is 1. The SMILES string of the molecule is CC(=O)O[C@H]1CC[C@]2(C)C3C(=O)c4c(cc(-c5cccnc5)oc4=O)OC3(C)[C@@H](OC(=O)c3ccc(C#N)cc3)CC2[C@]1(C)C(=O)O. The number of nitrogens with zero attached hydrogens (tertiary/aromatic N) is 2. The maximum Gasteiger partial charge on any atom is 0.351 e. The average Bonchev–Trinajstić information content (AvgIpc) is 3.03. The molecule has 2 aliphatic carbocycles. The van der Waals surface area contributed by atoms with Crippen molar-refractivity contribution in [2.24, 2.45) is 22.7 Å². The summed E-state index contributed by atoms with van der Waals surface area (Å²) >= 11 is 0. The van der Waals surface area contributed by atoms with Gasteiger partial charge in [0.25, 0.3) is 0 Å². The Morgan fingerprint density at radius 3 is 2.40 bits per heavy atom. The van der Waals surface area contributed by atoms with Crippen LogP contribution >= 0.6 is 0 Å². The summed E-state index contributed by atoms with van der Waals surface area (Å²) in [7, 11) is 0. The first-order valence-electron chi connectivity index (χ1n) is 15.2. The molecular formula is C35H32N2O10. The number of esters is 2. The molecule has 7 atom stereocenters. The Labute approximate surface area is 269 Å². The molecule has 47 heavy (non-hydrogen) atoms. The largest absolute Gasteiger partial charge is 0.482 e. The van der Waals surface area contributed by atoms with Gasteiger partial charge in [0.1, 0.15) is 34.7 Å². The minimum Gasteiger partial charge on any atom is -0.482 e. The van der Waals surface area contributed by atoms with E-state index in [1.54, 1.807) is 32.2 Å². The Bertz CT molecular complexity index is 1900. The number of carbonyl (C=O) groups is 4. The molecule has 3 aliphatic rings. The van der Waals surface area contributed by atoms with Crippen molar-refractivity contribution in [3.05, 3.63) is 82.0 Å². The van der Waals surface area contributed by atoms with Gasteiger partial charge in [-0.3, -0.25) is 19.4 Å². The van der Waals surface area contributed by atoms with Crippen LogP contribution in [0, 0.1) is 34.0 Å². The van der Waals surface area contributed by atoms with Crippen molar-refractivity contribution in [2.75, 3.05) is 0 Å². The second-order valence-electron chi connectivity index (χ2n) is 13.1. The maximum absolute atomic E-state index is 14.6.